The highest BCUT2D eigenvalue weighted by Crippen LogP contribution is 2.23. The maximum Gasteiger partial charge on any atom is 0.123 e. The molecule has 0 saturated carbocycles. The van der Waals surface area contributed by atoms with Crippen molar-refractivity contribution < 1.29 is 4.39 Å². The van der Waals surface area contributed by atoms with Crippen molar-refractivity contribution in [2.45, 2.75) is 46.6 Å². The summed E-state index contributed by atoms with van der Waals surface area (Å²) in [5.41, 5.74) is 6.99. The molecule has 1 unspecified atom stereocenters. The fraction of sp³-hybridized carbons (Fsp3) is 0.667. The Balaban J connectivity index is 2.96. The number of hydrogen-bond donors (Lipinski definition) is 1. The van der Waals surface area contributed by atoms with Crippen molar-refractivity contribution in [2.75, 3.05) is 19.6 Å². The number of halogens is 1. The summed E-state index contributed by atoms with van der Waals surface area (Å²) >= 11 is 0. The minimum atomic E-state index is -0.175. The SMILES string of the molecule is CC(C)CN(CC(C)C)C(C)(CN)Cc1cccc(F)c1. The van der Waals surface area contributed by atoms with Crippen LogP contribution in [-0.4, -0.2) is 30.1 Å². The quantitative estimate of drug-likeness (QED) is 0.792. The van der Waals surface area contributed by atoms with Gasteiger partial charge in [-0.05, 0) is 42.9 Å². The molecule has 1 aromatic carbocycles. The van der Waals surface area contributed by atoms with Crippen LogP contribution in [0.5, 0.6) is 0 Å². The number of nitrogens with zero attached hydrogens (tertiary/aromatic N) is 1. The molecule has 1 aromatic rings. The lowest BCUT2D eigenvalue weighted by Gasteiger charge is -2.43. The van der Waals surface area contributed by atoms with Gasteiger partial charge in [0, 0.05) is 25.2 Å². The van der Waals surface area contributed by atoms with Gasteiger partial charge in [0.15, 0.2) is 0 Å². The van der Waals surface area contributed by atoms with Gasteiger partial charge in [-0.3, -0.25) is 4.90 Å². The maximum absolute atomic E-state index is 13.4. The van der Waals surface area contributed by atoms with E-state index in [0.717, 1.165) is 25.1 Å². The average Bonchev–Trinajstić information content (AvgIpc) is 2.36. The zero-order valence-electron chi connectivity index (χ0n) is 14.2. The fourth-order valence-corrected chi connectivity index (χ4v) is 2.80. The van der Waals surface area contributed by atoms with E-state index in [1.165, 1.54) is 6.07 Å². The van der Waals surface area contributed by atoms with Crippen molar-refractivity contribution in [3.63, 3.8) is 0 Å². The van der Waals surface area contributed by atoms with Crippen LogP contribution in [0.25, 0.3) is 0 Å². The molecule has 1 atom stereocenters. The molecule has 0 spiro atoms. The normalized spacial score (nSPS) is 15.0. The topological polar surface area (TPSA) is 29.3 Å². The fourth-order valence-electron chi connectivity index (χ4n) is 2.80. The summed E-state index contributed by atoms with van der Waals surface area (Å²) in [6.07, 6.45) is 0.778. The number of rotatable bonds is 8. The van der Waals surface area contributed by atoms with Gasteiger partial charge in [-0.15, -0.1) is 0 Å². The Morgan fingerprint density at radius 1 is 1.14 bits per heavy atom. The van der Waals surface area contributed by atoms with E-state index < -0.39 is 0 Å². The second-order valence-corrected chi connectivity index (χ2v) is 7.20. The van der Waals surface area contributed by atoms with Crippen molar-refractivity contribution in [3.05, 3.63) is 35.6 Å². The first-order chi connectivity index (χ1) is 9.76. The molecule has 0 bridgehead atoms. The molecular weight excluding hydrogens is 263 g/mol. The Bertz CT molecular complexity index is 421. The Morgan fingerprint density at radius 2 is 1.71 bits per heavy atom. The highest BCUT2D eigenvalue weighted by molar-refractivity contribution is 5.19. The Kier molecular flexibility index (Phi) is 6.82. The number of hydrogen-bond acceptors (Lipinski definition) is 2. The average molecular weight is 294 g/mol. The summed E-state index contributed by atoms with van der Waals surface area (Å²) in [7, 11) is 0. The van der Waals surface area contributed by atoms with E-state index in [0.29, 0.717) is 18.4 Å². The smallest absolute Gasteiger partial charge is 0.123 e. The zero-order chi connectivity index (χ0) is 16.0. The van der Waals surface area contributed by atoms with E-state index >= 15 is 0 Å². The van der Waals surface area contributed by atoms with Crippen LogP contribution in [-0.2, 0) is 6.42 Å². The maximum atomic E-state index is 13.4. The van der Waals surface area contributed by atoms with Crippen LogP contribution in [0.2, 0.25) is 0 Å². The van der Waals surface area contributed by atoms with E-state index in [2.05, 4.69) is 39.5 Å². The second-order valence-electron chi connectivity index (χ2n) is 7.20. The van der Waals surface area contributed by atoms with Crippen LogP contribution in [0.1, 0.15) is 40.2 Å². The molecule has 0 radical (unpaired) electrons. The lowest BCUT2D eigenvalue weighted by molar-refractivity contribution is 0.0818. The lowest BCUT2D eigenvalue weighted by Crippen LogP contribution is -2.55. The van der Waals surface area contributed by atoms with Gasteiger partial charge in [-0.25, -0.2) is 4.39 Å². The molecular formula is C18H31FN2. The van der Waals surface area contributed by atoms with Crippen LogP contribution >= 0.6 is 0 Å². The summed E-state index contributed by atoms with van der Waals surface area (Å²) < 4.78 is 13.4. The van der Waals surface area contributed by atoms with E-state index in [-0.39, 0.29) is 11.4 Å². The molecule has 2 nitrogen and oxygen atoms in total. The molecule has 3 heteroatoms. The Morgan fingerprint density at radius 3 is 2.14 bits per heavy atom. The standard InChI is InChI=1S/C18H31FN2/c1-14(2)11-21(12-15(3)4)18(5,13-20)10-16-7-6-8-17(19)9-16/h6-9,14-15H,10-13,20H2,1-5H3. The van der Waals surface area contributed by atoms with Gasteiger partial charge < -0.3 is 5.73 Å². The summed E-state index contributed by atoms with van der Waals surface area (Å²) in [6, 6.07) is 6.87. The summed E-state index contributed by atoms with van der Waals surface area (Å²) in [6.45, 7) is 13.7. The third-order valence-electron chi connectivity index (χ3n) is 3.85. The summed E-state index contributed by atoms with van der Waals surface area (Å²) in [5, 5.41) is 0. The van der Waals surface area contributed by atoms with Crippen LogP contribution in [0.3, 0.4) is 0 Å². The van der Waals surface area contributed by atoms with Crippen molar-refractivity contribution in [1.29, 1.82) is 0 Å². The minimum Gasteiger partial charge on any atom is -0.329 e. The second kappa shape index (κ2) is 7.90. The number of benzene rings is 1. The molecule has 2 N–H and O–H groups in total. The minimum absolute atomic E-state index is 0.137. The molecule has 0 saturated heterocycles. The van der Waals surface area contributed by atoms with Gasteiger partial charge in [0.25, 0.3) is 0 Å². The predicted molar refractivity (Wildman–Crippen MR) is 88.8 cm³/mol. The van der Waals surface area contributed by atoms with Gasteiger partial charge in [0.1, 0.15) is 5.82 Å². The lowest BCUT2D eigenvalue weighted by atomic mass is 9.89. The summed E-state index contributed by atoms with van der Waals surface area (Å²) in [4.78, 5) is 2.48. The first kappa shape index (κ1) is 18.1. The van der Waals surface area contributed by atoms with E-state index in [1.807, 2.05) is 6.07 Å². The zero-order valence-corrected chi connectivity index (χ0v) is 14.2. The molecule has 0 aromatic heterocycles. The number of nitrogens with two attached hydrogens (primary N) is 1. The van der Waals surface area contributed by atoms with Gasteiger partial charge in [-0.1, -0.05) is 39.8 Å². The van der Waals surface area contributed by atoms with Crippen LogP contribution in [0.15, 0.2) is 24.3 Å². The van der Waals surface area contributed by atoms with Gasteiger partial charge in [0.05, 0.1) is 0 Å². The Hall–Kier alpha value is -0.930. The largest absolute Gasteiger partial charge is 0.329 e. The molecule has 0 fully saturated rings. The molecule has 0 aliphatic rings. The van der Waals surface area contributed by atoms with Gasteiger partial charge in [0.2, 0.25) is 0 Å². The molecule has 1 rings (SSSR count). The van der Waals surface area contributed by atoms with Crippen LogP contribution in [0, 0.1) is 17.7 Å². The van der Waals surface area contributed by atoms with Crippen molar-refractivity contribution in [2.24, 2.45) is 17.6 Å². The molecule has 21 heavy (non-hydrogen) atoms. The Labute approximate surface area is 129 Å². The van der Waals surface area contributed by atoms with Crippen LogP contribution in [0.4, 0.5) is 4.39 Å². The molecule has 120 valence electrons. The molecule has 0 aliphatic carbocycles. The summed E-state index contributed by atoms with van der Waals surface area (Å²) in [5.74, 6) is 0.996. The first-order valence-electron chi connectivity index (χ1n) is 7.96. The molecule has 0 heterocycles. The predicted octanol–water partition coefficient (Wildman–Crippen LogP) is 3.70. The van der Waals surface area contributed by atoms with Crippen molar-refractivity contribution >= 4 is 0 Å². The highest BCUT2D eigenvalue weighted by atomic mass is 19.1. The van der Waals surface area contributed by atoms with E-state index in [9.17, 15) is 4.39 Å². The third kappa shape index (κ3) is 5.76. The van der Waals surface area contributed by atoms with Gasteiger partial charge in [-0.2, -0.15) is 0 Å². The van der Waals surface area contributed by atoms with Crippen LogP contribution < -0.4 is 5.73 Å². The molecule has 0 amide bonds. The molecule has 0 aliphatic heterocycles. The highest BCUT2D eigenvalue weighted by Gasteiger charge is 2.31. The van der Waals surface area contributed by atoms with E-state index in [4.69, 9.17) is 5.73 Å². The van der Waals surface area contributed by atoms with Gasteiger partial charge >= 0.3 is 0 Å². The monoisotopic (exact) mass is 294 g/mol. The first-order valence-corrected chi connectivity index (χ1v) is 7.96. The van der Waals surface area contributed by atoms with Crippen molar-refractivity contribution in [1.82, 2.24) is 4.90 Å². The van der Waals surface area contributed by atoms with Crippen molar-refractivity contribution in [3.8, 4) is 0 Å². The third-order valence-corrected chi connectivity index (χ3v) is 3.85. The van der Waals surface area contributed by atoms with E-state index in [1.54, 1.807) is 12.1 Å².